The maximum absolute atomic E-state index is 5.48. The monoisotopic (exact) mass is 112 g/mol. The maximum Gasteiger partial charge on any atom is 0.0381 e. The molecule has 0 saturated carbocycles. The Kier molecular flexibility index (Phi) is 0.746. The molecule has 0 aromatic heterocycles. The molecule has 0 aromatic rings. The van der Waals surface area contributed by atoms with Crippen LogP contribution in [0.3, 0.4) is 0 Å². The van der Waals surface area contributed by atoms with Crippen molar-refractivity contribution in [1.82, 2.24) is 4.90 Å². The lowest BCUT2D eigenvalue weighted by molar-refractivity contribution is 0.271. The Morgan fingerprint density at radius 2 is 2.50 bits per heavy atom. The third-order valence-electron chi connectivity index (χ3n) is 2.44. The summed E-state index contributed by atoms with van der Waals surface area (Å²) >= 11 is 0. The lowest BCUT2D eigenvalue weighted by Crippen LogP contribution is -2.29. The van der Waals surface area contributed by atoms with E-state index < -0.39 is 0 Å². The van der Waals surface area contributed by atoms with Crippen LogP contribution in [0.15, 0.2) is 0 Å². The van der Waals surface area contributed by atoms with Gasteiger partial charge in [0.1, 0.15) is 0 Å². The van der Waals surface area contributed by atoms with Gasteiger partial charge < -0.3 is 5.73 Å². The van der Waals surface area contributed by atoms with Crippen LogP contribution in [0.1, 0.15) is 6.92 Å². The largest absolute Gasteiger partial charge is 0.329 e. The molecule has 4 atom stereocenters. The highest BCUT2D eigenvalue weighted by atomic mass is 15.4. The average Bonchev–Trinajstić information content (AvgIpc) is 2.34. The van der Waals surface area contributed by atoms with Crippen molar-refractivity contribution in [2.24, 2.45) is 11.7 Å². The fourth-order valence-corrected chi connectivity index (χ4v) is 1.89. The quantitative estimate of drug-likeness (QED) is 0.470. The molecule has 0 aromatic carbocycles. The van der Waals surface area contributed by atoms with Gasteiger partial charge in [-0.25, -0.2) is 0 Å². The van der Waals surface area contributed by atoms with E-state index in [0.717, 1.165) is 24.5 Å². The van der Waals surface area contributed by atoms with Crippen molar-refractivity contribution in [1.29, 1.82) is 0 Å². The van der Waals surface area contributed by atoms with Crippen molar-refractivity contribution >= 4 is 0 Å². The Labute approximate surface area is 49.7 Å². The summed E-state index contributed by atoms with van der Waals surface area (Å²) in [7, 11) is 0. The van der Waals surface area contributed by atoms with Crippen molar-refractivity contribution in [3.8, 4) is 0 Å². The molecular formula is C6H12N2. The summed E-state index contributed by atoms with van der Waals surface area (Å²) in [5.41, 5.74) is 5.48. The van der Waals surface area contributed by atoms with Crippen molar-refractivity contribution in [3.05, 3.63) is 0 Å². The zero-order chi connectivity index (χ0) is 5.72. The number of nitrogens with two attached hydrogens (primary N) is 1. The molecule has 2 aliphatic rings. The van der Waals surface area contributed by atoms with E-state index in [-0.39, 0.29) is 0 Å². The summed E-state index contributed by atoms with van der Waals surface area (Å²) in [4.78, 5) is 2.46. The zero-order valence-electron chi connectivity index (χ0n) is 5.17. The average molecular weight is 112 g/mol. The molecule has 8 heavy (non-hydrogen) atoms. The van der Waals surface area contributed by atoms with E-state index in [1.54, 1.807) is 0 Å². The first-order chi connectivity index (χ1) is 3.84. The van der Waals surface area contributed by atoms with Crippen LogP contribution in [0, 0.1) is 5.92 Å². The number of hydrogen-bond acceptors (Lipinski definition) is 2. The minimum Gasteiger partial charge on any atom is -0.329 e. The van der Waals surface area contributed by atoms with E-state index in [0.29, 0.717) is 0 Å². The Balaban J connectivity index is 1.94. The molecule has 0 radical (unpaired) electrons. The Bertz CT molecular complexity index is 109. The minimum atomic E-state index is 0.769. The van der Waals surface area contributed by atoms with Crippen molar-refractivity contribution in [3.63, 3.8) is 0 Å². The molecule has 0 bridgehead atoms. The molecule has 2 N–H and O–H groups in total. The number of fused-ring (bicyclic) bond motifs is 1. The first-order valence-electron chi connectivity index (χ1n) is 3.30. The fourth-order valence-electron chi connectivity index (χ4n) is 1.89. The molecule has 0 aliphatic carbocycles. The second-order valence-corrected chi connectivity index (χ2v) is 2.97. The van der Waals surface area contributed by atoms with Crippen molar-refractivity contribution in [2.75, 3.05) is 13.1 Å². The van der Waals surface area contributed by atoms with Gasteiger partial charge >= 0.3 is 0 Å². The first kappa shape index (κ1) is 4.77. The van der Waals surface area contributed by atoms with Gasteiger partial charge in [-0.15, -0.1) is 0 Å². The van der Waals surface area contributed by atoms with Crippen LogP contribution in [0.4, 0.5) is 0 Å². The van der Waals surface area contributed by atoms with Crippen LogP contribution >= 0.6 is 0 Å². The second kappa shape index (κ2) is 1.25. The van der Waals surface area contributed by atoms with Crippen LogP contribution in [-0.4, -0.2) is 30.1 Å². The van der Waals surface area contributed by atoms with Crippen LogP contribution in [-0.2, 0) is 0 Å². The summed E-state index contributed by atoms with van der Waals surface area (Å²) in [6, 6.07) is 1.66. The van der Waals surface area contributed by atoms with E-state index in [2.05, 4.69) is 11.8 Å². The maximum atomic E-state index is 5.48. The number of rotatable bonds is 1. The number of hydrogen-bond donors (Lipinski definition) is 1. The van der Waals surface area contributed by atoms with Gasteiger partial charge in [-0.1, -0.05) is 6.92 Å². The highest BCUT2D eigenvalue weighted by Crippen LogP contribution is 2.43. The molecular weight excluding hydrogens is 100 g/mol. The van der Waals surface area contributed by atoms with E-state index >= 15 is 0 Å². The van der Waals surface area contributed by atoms with Gasteiger partial charge in [0.05, 0.1) is 0 Å². The second-order valence-electron chi connectivity index (χ2n) is 2.97. The summed E-state index contributed by atoms with van der Waals surface area (Å²) < 4.78 is 0. The summed E-state index contributed by atoms with van der Waals surface area (Å²) in [5.74, 6) is 0.934. The Hall–Kier alpha value is -0.0800. The van der Waals surface area contributed by atoms with E-state index in [1.807, 2.05) is 0 Å². The molecule has 2 heteroatoms. The molecule has 2 heterocycles. The molecule has 0 amide bonds. The highest BCUT2D eigenvalue weighted by molar-refractivity contribution is 5.14. The van der Waals surface area contributed by atoms with Crippen LogP contribution < -0.4 is 5.73 Å². The standard InChI is InChI=1S/C6H12N2/c1-4-3-8-5(2-7)6(4)8/h4-6H,2-3,7H2,1H3. The summed E-state index contributed by atoms with van der Waals surface area (Å²) in [6.07, 6.45) is 0. The Morgan fingerprint density at radius 3 is 2.62 bits per heavy atom. The smallest absolute Gasteiger partial charge is 0.0381 e. The lowest BCUT2D eigenvalue weighted by atomic mass is 10.0. The van der Waals surface area contributed by atoms with Crippen LogP contribution in [0.2, 0.25) is 0 Å². The van der Waals surface area contributed by atoms with E-state index in [1.165, 1.54) is 6.54 Å². The highest BCUT2D eigenvalue weighted by Gasteiger charge is 2.57. The number of nitrogens with zero attached hydrogens (tertiary/aromatic N) is 1. The topological polar surface area (TPSA) is 29.0 Å². The fraction of sp³-hybridized carbons (Fsp3) is 1.00. The zero-order valence-corrected chi connectivity index (χ0v) is 5.17. The molecule has 4 unspecified atom stereocenters. The minimum absolute atomic E-state index is 0.769. The summed E-state index contributed by atoms with van der Waals surface area (Å²) in [6.45, 7) is 4.47. The van der Waals surface area contributed by atoms with Gasteiger partial charge in [-0.3, -0.25) is 4.90 Å². The predicted octanol–water partition coefficient (Wildman–Crippen LogP) is -0.352. The normalized spacial score (nSPS) is 59.2. The van der Waals surface area contributed by atoms with Gasteiger partial charge in [-0.05, 0) is 5.92 Å². The van der Waals surface area contributed by atoms with E-state index in [9.17, 15) is 0 Å². The molecule has 2 nitrogen and oxygen atoms in total. The van der Waals surface area contributed by atoms with Crippen LogP contribution in [0.5, 0.6) is 0 Å². The van der Waals surface area contributed by atoms with E-state index in [4.69, 9.17) is 5.73 Å². The van der Waals surface area contributed by atoms with Gasteiger partial charge in [0.25, 0.3) is 0 Å². The predicted molar refractivity (Wildman–Crippen MR) is 32.5 cm³/mol. The lowest BCUT2D eigenvalue weighted by Gasteiger charge is -2.20. The summed E-state index contributed by atoms with van der Waals surface area (Å²) in [5, 5.41) is 0. The molecule has 46 valence electrons. The van der Waals surface area contributed by atoms with Gasteiger partial charge in [0.2, 0.25) is 0 Å². The van der Waals surface area contributed by atoms with Gasteiger partial charge in [0.15, 0.2) is 0 Å². The SMILES string of the molecule is CC1CN2C(CN)C12. The van der Waals surface area contributed by atoms with Crippen LogP contribution in [0.25, 0.3) is 0 Å². The third-order valence-corrected chi connectivity index (χ3v) is 2.44. The molecule has 2 aliphatic heterocycles. The van der Waals surface area contributed by atoms with Gasteiger partial charge in [0, 0.05) is 25.2 Å². The first-order valence-corrected chi connectivity index (χ1v) is 3.30. The van der Waals surface area contributed by atoms with Crippen molar-refractivity contribution in [2.45, 2.75) is 19.0 Å². The molecule has 2 fully saturated rings. The molecule has 0 spiro atoms. The van der Waals surface area contributed by atoms with Gasteiger partial charge in [-0.2, -0.15) is 0 Å². The third kappa shape index (κ3) is 0.361. The molecule has 2 saturated heterocycles. The Morgan fingerprint density at radius 1 is 1.75 bits per heavy atom. The van der Waals surface area contributed by atoms with Crippen molar-refractivity contribution < 1.29 is 0 Å². The molecule has 2 rings (SSSR count).